The van der Waals surface area contributed by atoms with Gasteiger partial charge in [0.05, 0.1) is 5.69 Å². The standard InChI is InChI=1S/C14H14N2O/c15-9-11-8-10-4-3-5-12(14(10)17-11)13-6-1-2-7-16-13/h1-7,11H,8-9,15H2/t11-/m0/s1. The SMILES string of the molecule is NC[C@@H]1Cc2cccc(-c3ccccn3)c2O1. The topological polar surface area (TPSA) is 48.1 Å². The highest BCUT2D eigenvalue weighted by Gasteiger charge is 2.24. The van der Waals surface area contributed by atoms with Crippen LogP contribution in [0.4, 0.5) is 0 Å². The van der Waals surface area contributed by atoms with E-state index in [2.05, 4.69) is 11.1 Å². The van der Waals surface area contributed by atoms with Gasteiger partial charge < -0.3 is 10.5 Å². The maximum absolute atomic E-state index is 5.88. The molecule has 2 aromatic rings. The van der Waals surface area contributed by atoms with Gasteiger partial charge in [0.15, 0.2) is 0 Å². The highest BCUT2D eigenvalue weighted by atomic mass is 16.5. The molecule has 0 aliphatic carbocycles. The van der Waals surface area contributed by atoms with Crippen LogP contribution in [0.5, 0.6) is 5.75 Å². The van der Waals surface area contributed by atoms with Crippen LogP contribution in [-0.4, -0.2) is 17.6 Å². The molecule has 0 bridgehead atoms. The molecule has 0 amide bonds. The maximum atomic E-state index is 5.88. The number of pyridine rings is 1. The van der Waals surface area contributed by atoms with Crippen molar-refractivity contribution in [2.45, 2.75) is 12.5 Å². The van der Waals surface area contributed by atoms with Gasteiger partial charge in [-0.1, -0.05) is 18.2 Å². The Morgan fingerprint density at radius 2 is 2.18 bits per heavy atom. The Morgan fingerprint density at radius 3 is 2.94 bits per heavy atom. The Balaban J connectivity index is 2.07. The molecule has 86 valence electrons. The lowest BCUT2D eigenvalue weighted by molar-refractivity contribution is 0.242. The van der Waals surface area contributed by atoms with E-state index >= 15 is 0 Å². The molecule has 1 aliphatic rings. The highest BCUT2D eigenvalue weighted by molar-refractivity contribution is 5.70. The Bertz CT molecular complexity index is 525. The molecule has 0 radical (unpaired) electrons. The van der Waals surface area contributed by atoms with E-state index in [0.29, 0.717) is 6.54 Å². The number of rotatable bonds is 2. The summed E-state index contributed by atoms with van der Waals surface area (Å²) >= 11 is 0. The Morgan fingerprint density at radius 1 is 1.24 bits per heavy atom. The molecule has 1 aromatic carbocycles. The lowest BCUT2D eigenvalue weighted by Crippen LogP contribution is -2.24. The quantitative estimate of drug-likeness (QED) is 0.852. The zero-order chi connectivity index (χ0) is 11.7. The van der Waals surface area contributed by atoms with Crippen LogP contribution in [0.25, 0.3) is 11.3 Å². The Hall–Kier alpha value is -1.87. The average Bonchev–Trinajstić information content (AvgIpc) is 2.82. The molecule has 1 aliphatic heterocycles. The molecule has 0 saturated carbocycles. The summed E-state index contributed by atoms with van der Waals surface area (Å²) < 4.78 is 5.88. The fourth-order valence-electron chi connectivity index (χ4n) is 2.19. The van der Waals surface area contributed by atoms with Crippen LogP contribution in [0.3, 0.4) is 0 Å². The molecule has 1 atom stereocenters. The number of hydrogen-bond donors (Lipinski definition) is 1. The first kappa shape index (κ1) is 10.3. The Kier molecular flexibility index (Phi) is 2.53. The monoisotopic (exact) mass is 226 g/mol. The predicted octanol–water partition coefficient (Wildman–Crippen LogP) is 2.01. The lowest BCUT2D eigenvalue weighted by atomic mass is 10.0. The third-order valence-electron chi connectivity index (χ3n) is 3.03. The number of nitrogens with two attached hydrogens (primary N) is 1. The molecule has 0 fully saturated rings. The predicted molar refractivity (Wildman–Crippen MR) is 66.8 cm³/mol. The Labute approximate surface area is 100 Å². The fraction of sp³-hybridized carbons (Fsp3) is 0.214. The molecule has 0 saturated heterocycles. The number of benzene rings is 1. The smallest absolute Gasteiger partial charge is 0.132 e. The first-order valence-corrected chi connectivity index (χ1v) is 5.78. The number of nitrogens with zero attached hydrogens (tertiary/aromatic N) is 1. The summed E-state index contributed by atoms with van der Waals surface area (Å²) in [7, 11) is 0. The molecule has 3 heteroatoms. The molecule has 0 spiro atoms. The van der Waals surface area contributed by atoms with Gasteiger partial charge in [-0.15, -0.1) is 0 Å². The maximum Gasteiger partial charge on any atom is 0.132 e. The van der Waals surface area contributed by atoms with Crippen molar-refractivity contribution in [3.63, 3.8) is 0 Å². The minimum Gasteiger partial charge on any atom is -0.488 e. The van der Waals surface area contributed by atoms with Crippen LogP contribution < -0.4 is 10.5 Å². The van der Waals surface area contributed by atoms with Crippen LogP contribution in [0, 0.1) is 0 Å². The second-order valence-electron chi connectivity index (χ2n) is 4.19. The first-order valence-electron chi connectivity index (χ1n) is 5.78. The normalized spacial score (nSPS) is 17.6. The number of fused-ring (bicyclic) bond motifs is 1. The van der Waals surface area contributed by atoms with E-state index in [1.807, 2.05) is 30.3 Å². The molecule has 2 heterocycles. The summed E-state index contributed by atoms with van der Waals surface area (Å²) in [6.07, 6.45) is 2.80. The van der Waals surface area contributed by atoms with Crippen LogP contribution in [0.1, 0.15) is 5.56 Å². The van der Waals surface area contributed by atoms with Gasteiger partial charge in [-0.2, -0.15) is 0 Å². The van der Waals surface area contributed by atoms with Crippen molar-refractivity contribution in [3.8, 4) is 17.0 Å². The number of ether oxygens (including phenoxy) is 1. The fourth-order valence-corrected chi connectivity index (χ4v) is 2.19. The molecule has 0 unspecified atom stereocenters. The van der Waals surface area contributed by atoms with E-state index in [4.69, 9.17) is 10.5 Å². The van der Waals surface area contributed by atoms with Crippen LogP contribution in [0.2, 0.25) is 0 Å². The largest absolute Gasteiger partial charge is 0.488 e. The zero-order valence-electron chi connectivity index (χ0n) is 9.47. The van der Waals surface area contributed by atoms with E-state index in [1.54, 1.807) is 6.20 Å². The lowest BCUT2D eigenvalue weighted by Gasteiger charge is -2.10. The van der Waals surface area contributed by atoms with Crippen molar-refractivity contribution in [1.82, 2.24) is 4.98 Å². The molecule has 3 nitrogen and oxygen atoms in total. The molecule has 17 heavy (non-hydrogen) atoms. The van der Waals surface area contributed by atoms with Crippen molar-refractivity contribution in [2.24, 2.45) is 5.73 Å². The minimum atomic E-state index is 0.106. The summed E-state index contributed by atoms with van der Waals surface area (Å²) in [5.41, 5.74) is 8.89. The second kappa shape index (κ2) is 4.18. The molecular formula is C14H14N2O. The summed E-state index contributed by atoms with van der Waals surface area (Å²) in [6, 6.07) is 12.1. The van der Waals surface area contributed by atoms with Crippen LogP contribution in [0.15, 0.2) is 42.6 Å². The van der Waals surface area contributed by atoms with Crippen LogP contribution in [-0.2, 0) is 6.42 Å². The summed E-state index contributed by atoms with van der Waals surface area (Å²) in [5.74, 6) is 0.946. The van der Waals surface area contributed by atoms with E-state index in [0.717, 1.165) is 23.4 Å². The van der Waals surface area contributed by atoms with Gasteiger partial charge in [-0.3, -0.25) is 4.98 Å². The van der Waals surface area contributed by atoms with E-state index in [-0.39, 0.29) is 6.10 Å². The first-order chi connectivity index (χ1) is 8.38. The van der Waals surface area contributed by atoms with E-state index in [9.17, 15) is 0 Å². The van der Waals surface area contributed by atoms with Gasteiger partial charge in [-0.05, 0) is 23.8 Å². The van der Waals surface area contributed by atoms with Crippen molar-refractivity contribution in [1.29, 1.82) is 0 Å². The minimum absolute atomic E-state index is 0.106. The summed E-state index contributed by atoms with van der Waals surface area (Å²) in [5, 5.41) is 0. The number of hydrogen-bond acceptors (Lipinski definition) is 3. The van der Waals surface area contributed by atoms with Gasteiger partial charge in [-0.25, -0.2) is 0 Å². The second-order valence-corrected chi connectivity index (χ2v) is 4.19. The summed E-state index contributed by atoms with van der Waals surface area (Å²) in [6.45, 7) is 0.552. The third-order valence-corrected chi connectivity index (χ3v) is 3.03. The van der Waals surface area contributed by atoms with Crippen molar-refractivity contribution in [3.05, 3.63) is 48.2 Å². The number of aromatic nitrogens is 1. The van der Waals surface area contributed by atoms with Crippen LogP contribution >= 0.6 is 0 Å². The third kappa shape index (κ3) is 1.78. The van der Waals surface area contributed by atoms with Gasteiger partial charge in [0, 0.05) is 24.7 Å². The number of para-hydroxylation sites is 1. The molecule has 3 rings (SSSR count). The van der Waals surface area contributed by atoms with Crippen molar-refractivity contribution in [2.75, 3.05) is 6.54 Å². The molecule has 1 aromatic heterocycles. The zero-order valence-corrected chi connectivity index (χ0v) is 9.47. The van der Waals surface area contributed by atoms with Gasteiger partial charge in [0.25, 0.3) is 0 Å². The van der Waals surface area contributed by atoms with Crippen molar-refractivity contribution < 1.29 is 4.74 Å². The average molecular weight is 226 g/mol. The van der Waals surface area contributed by atoms with E-state index in [1.165, 1.54) is 5.56 Å². The molecular weight excluding hydrogens is 212 g/mol. The van der Waals surface area contributed by atoms with Gasteiger partial charge in [0.2, 0.25) is 0 Å². The van der Waals surface area contributed by atoms with Gasteiger partial charge >= 0.3 is 0 Å². The summed E-state index contributed by atoms with van der Waals surface area (Å²) in [4.78, 5) is 4.37. The van der Waals surface area contributed by atoms with Gasteiger partial charge in [0.1, 0.15) is 11.9 Å². The van der Waals surface area contributed by atoms with E-state index < -0.39 is 0 Å². The highest BCUT2D eigenvalue weighted by Crippen LogP contribution is 2.37. The molecule has 2 N–H and O–H groups in total. The van der Waals surface area contributed by atoms with Crippen molar-refractivity contribution >= 4 is 0 Å².